The van der Waals surface area contributed by atoms with Crippen LogP contribution < -0.4 is 0 Å². The predicted octanol–water partition coefficient (Wildman–Crippen LogP) is 3.68. The molecule has 0 bridgehead atoms. The lowest BCUT2D eigenvalue weighted by Gasteiger charge is -2.38. The molecule has 0 heterocycles. The second-order valence-corrected chi connectivity index (χ2v) is 8.89. The molecule has 0 fully saturated rings. The van der Waals surface area contributed by atoms with Gasteiger partial charge in [0, 0.05) is 5.16 Å². The topological polar surface area (TPSA) is 17.1 Å². The lowest BCUT2D eigenvalue weighted by Crippen LogP contribution is -2.32. The van der Waals surface area contributed by atoms with Gasteiger partial charge in [0.05, 0.1) is 7.14 Å². The Kier molecular flexibility index (Phi) is 3.60. The fraction of sp³-hybridized carbons (Fsp3) is 1.00. The summed E-state index contributed by atoms with van der Waals surface area (Å²) in [6.07, 6.45) is 0. The van der Waals surface area contributed by atoms with Crippen molar-refractivity contribution in [3.05, 3.63) is 0 Å². The van der Waals surface area contributed by atoms with Crippen LogP contribution in [-0.2, 0) is 4.57 Å². The van der Waals surface area contributed by atoms with Crippen LogP contribution in [0, 0.1) is 11.8 Å². The van der Waals surface area contributed by atoms with Crippen LogP contribution >= 0.6 is 7.14 Å². The monoisotopic (exact) mass is 190 g/mol. The standard InChI is InChI=1S/C10H23OP/c1-8(2)9(3)10(4,5)12(6,7)11/h8-9H,1-7H3. The zero-order valence-corrected chi connectivity index (χ0v) is 10.4. The summed E-state index contributed by atoms with van der Waals surface area (Å²) in [5.74, 6) is 1.12. The summed E-state index contributed by atoms with van der Waals surface area (Å²) in [5, 5.41) is -0.0266. The van der Waals surface area contributed by atoms with E-state index < -0.39 is 7.14 Å². The van der Waals surface area contributed by atoms with E-state index in [1.54, 1.807) is 0 Å². The molecule has 0 rings (SSSR count). The molecule has 0 radical (unpaired) electrons. The van der Waals surface area contributed by atoms with Gasteiger partial charge in [0.1, 0.15) is 0 Å². The van der Waals surface area contributed by atoms with Gasteiger partial charge in [0.2, 0.25) is 0 Å². The van der Waals surface area contributed by atoms with Crippen LogP contribution in [0.2, 0.25) is 0 Å². The molecule has 0 aromatic rings. The second kappa shape index (κ2) is 3.54. The summed E-state index contributed by atoms with van der Waals surface area (Å²) < 4.78 is 12.0. The molecular formula is C10H23OP. The maximum atomic E-state index is 12.0. The van der Waals surface area contributed by atoms with E-state index in [1.807, 2.05) is 13.3 Å². The molecule has 0 saturated carbocycles. The summed E-state index contributed by atoms with van der Waals surface area (Å²) in [6, 6.07) is 0. The average molecular weight is 190 g/mol. The third-order valence-electron chi connectivity index (χ3n) is 3.50. The van der Waals surface area contributed by atoms with Crippen molar-refractivity contribution >= 4 is 7.14 Å². The van der Waals surface area contributed by atoms with Crippen molar-refractivity contribution in [2.24, 2.45) is 11.8 Å². The Labute approximate surface area is 77.3 Å². The maximum absolute atomic E-state index is 12.0. The molecular weight excluding hydrogens is 167 g/mol. The molecule has 0 spiro atoms. The highest BCUT2D eigenvalue weighted by Gasteiger charge is 2.38. The highest BCUT2D eigenvalue weighted by molar-refractivity contribution is 7.63. The van der Waals surface area contributed by atoms with Crippen LogP contribution in [0.15, 0.2) is 0 Å². The van der Waals surface area contributed by atoms with Crippen LogP contribution in [0.3, 0.4) is 0 Å². The van der Waals surface area contributed by atoms with Crippen molar-refractivity contribution in [2.45, 2.75) is 39.8 Å². The number of rotatable bonds is 3. The van der Waals surface area contributed by atoms with Crippen LogP contribution in [0.5, 0.6) is 0 Å². The molecule has 12 heavy (non-hydrogen) atoms. The Hall–Kier alpha value is 0.230. The van der Waals surface area contributed by atoms with Gasteiger partial charge >= 0.3 is 0 Å². The van der Waals surface area contributed by atoms with Gasteiger partial charge in [-0.15, -0.1) is 0 Å². The van der Waals surface area contributed by atoms with Gasteiger partial charge in [-0.2, -0.15) is 0 Å². The predicted molar refractivity (Wildman–Crippen MR) is 57.5 cm³/mol. The van der Waals surface area contributed by atoms with Crippen LogP contribution in [0.1, 0.15) is 34.6 Å². The number of hydrogen-bond acceptors (Lipinski definition) is 1. The van der Waals surface area contributed by atoms with E-state index in [2.05, 4.69) is 34.6 Å². The molecule has 2 heteroatoms. The fourth-order valence-electron chi connectivity index (χ4n) is 1.31. The molecule has 0 amide bonds. The third-order valence-corrected chi connectivity index (χ3v) is 6.69. The fourth-order valence-corrected chi connectivity index (χ4v) is 2.59. The minimum absolute atomic E-state index is 0.0266. The van der Waals surface area contributed by atoms with Crippen LogP contribution in [0.25, 0.3) is 0 Å². The van der Waals surface area contributed by atoms with Crippen molar-refractivity contribution in [1.82, 2.24) is 0 Å². The molecule has 0 aliphatic carbocycles. The summed E-state index contributed by atoms with van der Waals surface area (Å²) in [4.78, 5) is 0. The molecule has 0 aromatic carbocycles. The van der Waals surface area contributed by atoms with Gasteiger partial charge in [-0.25, -0.2) is 0 Å². The molecule has 0 aliphatic heterocycles. The van der Waals surface area contributed by atoms with Gasteiger partial charge in [-0.1, -0.05) is 34.6 Å². The van der Waals surface area contributed by atoms with Crippen molar-refractivity contribution in [2.75, 3.05) is 13.3 Å². The van der Waals surface area contributed by atoms with Gasteiger partial charge < -0.3 is 4.57 Å². The Morgan fingerprint density at radius 3 is 1.50 bits per heavy atom. The Balaban J connectivity index is 4.74. The Bertz CT molecular complexity index is 188. The minimum atomic E-state index is -1.98. The van der Waals surface area contributed by atoms with Crippen LogP contribution in [0.4, 0.5) is 0 Å². The van der Waals surface area contributed by atoms with Crippen molar-refractivity contribution in [3.63, 3.8) is 0 Å². The van der Waals surface area contributed by atoms with Crippen molar-refractivity contribution in [3.8, 4) is 0 Å². The minimum Gasteiger partial charge on any atom is -0.324 e. The van der Waals surface area contributed by atoms with E-state index in [0.29, 0.717) is 11.8 Å². The summed E-state index contributed by atoms with van der Waals surface area (Å²) >= 11 is 0. The maximum Gasteiger partial charge on any atom is 0.0874 e. The van der Waals surface area contributed by atoms with Crippen molar-refractivity contribution < 1.29 is 4.57 Å². The van der Waals surface area contributed by atoms with Gasteiger partial charge in [0.15, 0.2) is 0 Å². The van der Waals surface area contributed by atoms with E-state index in [4.69, 9.17) is 0 Å². The van der Waals surface area contributed by atoms with E-state index in [1.165, 1.54) is 0 Å². The molecule has 0 saturated heterocycles. The molecule has 1 nitrogen and oxygen atoms in total. The third kappa shape index (κ3) is 2.36. The average Bonchev–Trinajstić information content (AvgIpc) is 1.83. The van der Waals surface area contributed by atoms with E-state index in [0.717, 1.165) is 0 Å². The summed E-state index contributed by atoms with van der Waals surface area (Å²) in [5.41, 5.74) is 0. The van der Waals surface area contributed by atoms with Crippen molar-refractivity contribution in [1.29, 1.82) is 0 Å². The first-order chi connectivity index (χ1) is 5.10. The Morgan fingerprint density at radius 2 is 1.42 bits per heavy atom. The quantitative estimate of drug-likeness (QED) is 0.620. The SMILES string of the molecule is CC(C)C(C)C(C)(C)P(C)(C)=O. The largest absolute Gasteiger partial charge is 0.324 e. The van der Waals surface area contributed by atoms with Gasteiger partial charge in [0.25, 0.3) is 0 Å². The first-order valence-corrected chi connectivity index (χ1v) is 7.26. The van der Waals surface area contributed by atoms with E-state index >= 15 is 0 Å². The lowest BCUT2D eigenvalue weighted by atomic mass is 9.87. The molecule has 0 aromatic heterocycles. The lowest BCUT2D eigenvalue weighted by molar-refractivity contribution is 0.331. The molecule has 74 valence electrons. The molecule has 1 atom stereocenters. The highest BCUT2D eigenvalue weighted by atomic mass is 31.2. The zero-order chi connectivity index (χ0) is 10.2. The zero-order valence-electron chi connectivity index (χ0n) is 9.51. The molecule has 0 aliphatic rings. The Morgan fingerprint density at radius 1 is 1.08 bits per heavy atom. The molecule has 1 unspecified atom stereocenters. The number of hydrogen-bond donors (Lipinski definition) is 0. The first-order valence-electron chi connectivity index (χ1n) is 4.65. The second-order valence-electron chi connectivity index (χ2n) is 5.04. The highest BCUT2D eigenvalue weighted by Crippen LogP contribution is 2.56. The molecule has 0 N–H and O–H groups in total. The van der Waals surface area contributed by atoms with E-state index in [9.17, 15) is 4.57 Å². The van der Waals surface area contributed by atoms with E-state index in [-0.39, 0.29) is 5.16 Å². The van der Waals surface area contributed by atoms with Gasteiger partial charge in [-0.05, 0) is 25.2 Å². The van der Waals surface area contributed by atoms with Gasteiger partial charge in [-0.3, -0.25) is 0 Å². The summed E-state index contributed by atoms with van der Waals surface area (Å²) in [7, 11) is -1.98. The smallest absolute Gasteiger partial charge is 0.0874 e. The van der Waals surface area contributed by atoms with Crippen LogP contribution in [-0.4, -0.2) is 18.5 Å². The first kappa shape index (κ1) is 12.2. The normalized spacial score (nSPS) is 16.7. The summed E-state index contributed by atoms with van der Waals surface area (Å²) in [6.45, 7) is 14.6.